The Bertz CT molecular complexity index is 449. The summed E-state index contributed by atoms with van der Waals surface area (Å²) in [4.78, 5) is 14.0. The maximum absolute atomic E-state index is 12.8. The van der Waals surface area contributed by atoms with Crippen molar-refractivity contribution in [3.8, 4) is 5.75 Å². The van der Waals surface area contributed by atoms with E-state index < -0.39 is 0 Å². The van der Waals surface area contributed by atoms with Crippen LogP contribution in [0.2, 0.25) is 0 Å². The molecule has 4 nitrogen and oxygen atoms in total. The minimum absolute atomic E-state index is 0.0236. The van der Waals surface area contributed by atoms with Gasteiger partial charge >= 0.3 is 5.97 Å². The van der Waals surface area contributed by atoms with Crippen molar-refractivity contribution in [1.29, 1.82) is 0 Å². The van der Waals surface area contributed by atoms with Gasteiger partial charge in [-0.05, 0) is 50.6 Å². The highest BCUT2D eigenvalue weighted by atomic mass is 19.1. The molecule has 0 radical (unpaired) electrons. The minimum Gasteiger partial charge on any atom is -0.492 e. The highest BCUT2D eigenvalue weighted by Gasteiger charge is 2.26. The fourth-order valence-corrected chi connectivity index (χ4v) is 2.53. The number of esters is 1. The number of hydrogen-bond acceptors (Lipinski definition) is 4. The molecule has 1 atom stereocenters. The van der Waals surface area contributed by atoms with Crippen LogP contribution in [0.3, 0.4) is 0 Å². The molecule has 21 heavy (non-hydrogen) atoms. The number of likely N-dealkylation sites (tertiary alicyclic amines) is 1. The Morgan fingerprint density at radius 2 is 2.14 bits per heavy atom. The summed E-state index contributed by atoms with van der Waals surface area (Å²) >= 11 is 0. The second-order valence-electron chi connectivity index (χ2n) is 5.19. The minimum atomic E-state index is -0.268. The maximum Gasteiger partial charge on any atom is 0.310 e. The van der Waals surface area contributed by atoms with Gasteiger partial charge in [0.15, 0.2) is 0 Å². The number of halogens is 1. The first-order chi connectivity index (χ1) is 10.2. The van der Waals surface area contributed by atoms with Gasteiger partial charge in [-0.1, -0.05) is 0 Å². The number of hydrogen-bond donors (Lipinski definition) is 0. The van der Waals surface area contributed by atoms with Crippen molar-refractivity contribution in [2.75, 3.05) is 32.8 Å². The zero-order chi connectivity index (χ0) is 15.1. The molecule has 1 aliphatic heterocycles. The van der Waals surface area contributed by atoms with E-state index in [1.54, 1.807) is 12.1 Å². The molecule has 1 aromatic rings. The molecule has 1 fully saturated rings. The number of carbonyl (C=O) groups is 1. The zero-order valence-corrected chi connectivity index (χ0v) is 12.4. The lowest BCUT2D eigenvalue weighted by atomic mass is 9.98. The van der Waals surface area contributed by atoms with Crippen LogP contribution in [0.1, 0.15) is 19.8 Å². The lowest BCUT2D eigenvalue weighted by molar-refractivity contribution is -0.150. The highest BCUT2D eigenvalue weighted by molar-refractivity contribution is 5.72. The van der Waals surface area contributed by atoms with E-state index in [2.05, 4.69) is 4.90 Å². The van der Waals surface area contributed by atoms with Crippen LogP contribution in [0.4, 0.5) is 4.39 Å². The summed E-state index contributed by atoms with van der Waals surface area (Å²) in [6.45, 7) is 5.25. The lowest BCUT2D eigenvalue weighted by Crippen LogP contribution is -2.41. The van der Waals surface area contributed by atoms with Gasteiger partial charge in [-0.15, -0.1) is 0 Å². The molecule has 1 heterocycles. The molecule has 0 spiro atoms. The molecule has 0 saturated carbocycles. The topological polar surface area (TPSA) is 38.8 Å². The van der Waals surface area contributed by atoms with Gasteiger partial charge in [0.05, 0.1) is 12.5 Å². The predicted octanol–water partition coefficient (Wildman–Crippen LogP) is 2.48. The first-order valence-electron chi connectivity index (χ1n) is 7.46. The maximum atomic E-state index is 12.8. The number of nitrogens with zero attached hydrogens (tertiary/aromatic N) is 1. The van der Waals surface area contributed by atoms with Crippen molar-refractivity contribution in [1.82, 2.24) is 4.90 Å². The molecule has 0 aromatic heterocycles. The van der Waals surface area contributed by atoms with Crippen LogP contribution in [-0.2, 0) is 9.53 Å². The van der Waals surface area contributed by atoms with Crippen molar-refractivity contribution >= 4 is 5.97 Å². The van der Waals surface area contributed by atoms with Crippen molar-refractivity contribution in [3.05, 3.63) is 30.1 Å². The molecule has 5 heteroatoms. The van der Waals surface area contributed by atoms with E-state index in [1.165, 1.54) is 12.1 Å². The van der Waals surface area contributed by atoms with Crippen LogP contribution in [-0.4, -0.2) is 43.7 Å². The summed E-state index contributed by atoms with van der Waals surface area (Å²) in [5.74, 6) is 0.275. The van der Waals surface area contributed by atoms with Gasteiger partial charge in [-0.3, -0.25) is 9.69 Å². The monoisotopic (exact) mass is 295 g/mol. The summed E-state index contributed by atoms with van der Waals surface area (Å²) in [6.07, 6.45) is 1.90. The first kappa shape index (κ1) is 15.8. The average molecular weight is 295 g/mol. The second kappa shape index (κ2) is 7.98. The normalized spacial score (nSPS) is 19.2. The SMILES string of the molecule is CCOC(=O)C1CCCN(CCOc2ccc(F)cc2)C1. The van der Waals surface area contributed by atoms with E-state index in [4.69, 9.17) is 9.47 Å². The number of ether oxygens (including phenoxy) is 2. The quantitative estimate of drug-likeness (QED) is 0.756. The molecule has 0 N–H and O–H groups in total. The Balaban J connectivity index is 1.72. The van der Waals surface area contributed by atoms with E-state index in [1.807, 2.05) is 6.92 Å². The Morgan fingerprint density at radius 3 is 2.86 bits per heavy atom. The van der Waals surface area contributed by atoms with Gasteiger partial charge in [-0.25, -0.2) is 4.39 Å². The molecule has 1 aliphatic rings. The van der Waals surface area contributed by atoms with Crippen molar-refractivity contribution in [2.24, 2.45) is 5.92 Å². The van der Waals surface area contributed by atoms with E-state index in [0.29, 0.717) is 19.0 Å². The molecule has 0 aliphatic carbocycles. The molecule has 0 bridgehead atoms. The van der Waals surface area contributed by atoms with Gasteiger partial charge in [0.1, 0.15) is 18.2 Å². The van der Waals surface area contributed by atoms with Crippen molar-refractivity contribution in [2.45, 2.75) is 19.8 Å². The van der Waals surface area contributed by atoms with E-state index in [0.717, 1.165) is 32.5 Å². The summed E-state index contributed by atoms with van der Waals surface area (Å²) in [5.41, 5.74) is 0. The number of carbonyl (C=O) groups excluding carboxylic acids is 1. The van der Waals surface area contributed by atoms with Gasteiger partial charge in [-0.2, -0.15) is 0 Å². The van der Waals surface area contributed by atoms with E-state index in [-0.39, 0.29) is 17.7 Å². The van der Waals surface area contributed by atoms with Gasteiger partial charge in [0, 0.05) is 13.1 Å². The van der Waals surface area contributed by atoms with Crippen LogP contribution in [0.5, 0.6) is 5.75 Å². The van der Waals surface area contributed by atoms with Crippen LogP contribution in [0, 0.1) is 11.7 Å². The lowest BCUT2D eigenvalue weighted by Gasteiger charge is -2.31. The van der Waals surface area contributed by atoms with Gasteiger partial charge in [0.2, 0.25) is 0 Å². The predicted molar refractivity (Wildman–Crippen MR) is 77.7 cm³/mol. The Labute approximate surface area is 124 Å². The summed E-state index contributed by atoms with van der Waals surface area (Å²) in [7, 11) is 0. The molecule has 2 rings (SSSR count). The largest absolute Gasteiger partial charge is 0.492 e. The van der Waals surface area contributed by atoms with Crippen LogP contribution >= 0.6 is 0 Å². The van der Waals surface area contributed by atoms with Gasteiger partial charge in [0.25, 0.3) is 0 Å². The summed E-state index contributed by atoms with van der Waals surface area (Å²) in [6, 6.07) is 6.00. The Morgan fingerprint density at radius 1 is 1.38 bits per heavy atom. The smallest absolute Gasteiger partial charge is 0.310 e. The van der Waals surface area contributed by atoms with Crippen LogP contribution < -0.4 is 4.74 Å². The van der Waals surface area contributed by atoms with Crippen LogP contribution in [0.15, 0.2) is 24.3 Å². The van der Waals surface area contributed by atoms with Crippen molar-refractivity contribution in [3.63, 3.8) is 0 Å². The average Bonchev–Trinajstić information content (AvgIpc) is 2.50. The molecular weight excluding hydrogens is 273 g/mol. The molecule has 116 valence electrons. The number of benzene rings is 1. The fourth-order valence-electron chi connectivity index (χ4n) is 2.53. The Kier molecular flexibility index (Phi) is 5.99. The summed E-state index contributed by atoms with van der Waals surface area (Å²) in [5, 5.41) is 0. The highest BCUT2D eigenvalue weighted by Crippen LogP contribution is 2.18. The summed E-state index contributed by atoms with van der Waals surface area (Å²) < 4.78 is 23.4. The molecule has 1 aromatic carbocycles. The third-order valence-corrected chi connectivity index (χ3v) is 3.62. The Hall–Kier alpha value is -1.62. The number of piperidine rings is 1. The molecule has 1 saturated heterocycles. The van der Waals surface area contributed by atoms with Gasteiger partial charge < -0.3 is 9.47 Å². The standard InChI is InChI=1S/C16H22FNO3/c1-2-20-16(19)13-4-3-9-18(12-13)10-11-21-15-7-5-14(17)6-8-15/h5-8,13H,2-4,9-12H2,1H3. The molecule has 0 amide bonds. The van der Waals surface area contributed by atoms with E-state index in [9.17, 15) is 9.18 Å². The van der Waals surface area contributed by atoms with E-state index >= 15 is 0 Å². The first-order valence-corrected chi connectivity index (χ1v) is 7.46. The second-order valence-corrected chi connectivity index (χ2v) is 5.19. The fraction of sp³-hybridized carbons (Fsp3) is 0.562. The third kappa shape index (κ3) is 5.01. The van der Waals surface area contributed by atoms with Crippen LogP contribution in [0.25, 0.3) is 0 Å². The third-order valence-electron chi connectivity index (χ3n) is 3.62. The zero-order valence-electron chi connectivity index (χ0n) is 12.4. The van der Waals surface area contributed by atoms with Crippen molar-refractivity contribution < 1.29 is 18.7 Å². The molecular formula is C16H22FNO3. The number of rotatable bonds is 6. The molecule has 1 unspecified atom stereocenters.